The molecule has 3 aromatic carbocycles. The Hall–Kier alpha value is -1.99. The van der Waals surface area contributed by atoms with Crippen LogP contribution < -0.4 is 10.4 Å². The van der Waals surface area contributed by atoms with Crippen molar-refractivity contribution >= 4 is 27.7 Å². The highest BCUT2D eigenvalue weighted by Crippen LogP contribution is 2.36. The molecule has 0 aliphatic carbocycles. The van der Waals surface area contributed by atoms with Crippen LogP contribution in [-0.4, -0.2) is 24.0 Å². The molecule has 5 rings (SSSR count). The van der Waals surface area contributed by atoms with Crippen molar-refractivity contribution < 1.29 is 8.85 Å². The van der Waals surface area contributed by atoms with E-state index in [2.05, 4.69) is 84.9 Å². The van der Waals surface area contributed by atoms with Gasteiger partial charge in [-0.25, -0.2) is 0 Å². The van der Waals surface area contributed by atoms with Crippen molar-refractivity contribution in [2.75, 3.05) is 6.61 Å². The molecule has 0 amide bonds. The molecule has 0 saturated carbocycles. The van der Waals surface area contributed by atoms with Crippen molar-refractivity contribution in [3.63, 3.8) is 0 Å². The zero-order valence-corrected chi connectivity index (χ0v) is 20.1. The minimum absolute atomic E-state index is 0.176. The normalized spacial score (nSPS) is 24.7. The second kappa shape index (κ2) is 9.66. The predicted molar refractivity (Wildman–Crippen MR) is 132 cm³/mol. The van der Waals surface area contributed by atoms with Crippen molar-refractivity contribution in [2.24, 2.45) is 0 Å². The minimum atomic E-state index is -2.35. The summed E-state index contributed by atoms with van der Waals surface area (Å²) in [6.07, 6.45) is 5.04. The zero-order chi connectivity index (χ0) is 20.9. The van der Waals surface area contributed by atoms with Gasteiger partial charge in [0, 0.05) is 6.61 Å². The van der Waals surface area contributed by atoms with Crippen molar-refractivity contribution in [2.45, 2.75) is 49.9 Å². The van der Waals surface area contributed by atoms with Crippen LogP contribution in [0.4, 0.5) is 0 Å². The standard InChI is InChI=1S/C27H31O2Si2/c1-3-12-23(13-4-1)26-17-11-21-31(29-26,25-15-5-2-6-16-25)27-18-8-7-14-24(27)22-30-20-10-9-19-28-30/h1-8,12-16,18,26H,9-11,17,19-22H2. The lowest BCUT2D eigenvalue weighted by atomic mass is 10.1. The molecule has 2 aliphatic heterocycles. The molecule has 0 spiro atoms. The van der Waals surface area contributed by atoms with Crippen LogP contribution in [0, 0.1) is 0 Å². The molecule has 0 N–H and O–H groups in total. The third kappa shape index (κ3) is 4.49. The van der Waals surface area contributed by atoms with Crippen molar-refractivity contribution in [1.29, 1.82) is 0 Å². The van der Waals surface area contributed by atoms with E-state index in [0.29, 0.717) is 0 Å². The Bertz CT molecular complexity index is 973. The molecular formula is C27H31O2Si2. The van der Waals surface area contributed by atoms with Gasteiger partial charge in [0.25, 0.3) is 8.32 Å². The Balaban J connectivity index is 1.56. The Morgan fingerprint density at radius 2 is 1.55 bits per heavy atom. The van der Waals surface area contributed by atoms with Crippen LogP contribution in [0.5, 0.6) is 0 Å². The third-order valence-corrected chi connectivity index (χ3v) is 13.4. The van der Waals surface area contributed by atoms with Gasteiger partial charge in [-0.05, 0) is 52.5 Å². The molecule has 4 heteroatoms. The van der Waals surface area contributed by atoms with Gasteiger partial charge in [0.1, 0.15) is 0 Å². The smallest absolute Gasteiger partial charge is 0.256 e. The van der Waals surface area contributed by atoms with Gasteiger partial charge in [0.15, 0.2) is 0 Å². The Morgan fingerprint density at radius 1 is 0.806 bits per heavy atom. The summed E-state index contributed by atoms with van der Waals surface area (Å²) in [4.78, 5) is 0. The summed E-state index contributed by atoms with van der Waals surface area (Å²) in [5.41, 5.74) is 2.79. The van der Waals surface area contributed by atoms with Gasteiger partial charge in [-0.15, -0.1) is 0 Å². The summed E-state index contributed by atoms with van der Waals surface area (Å²) in [6.45, 7) is 0.949. The first-order valence-corrected chi connectivity index (χ1v) is 15.6. The highest BCUT2D eigenvalue weighted by atomic mass is 28.4. The number of rotatable bonds is 5. The lowest BCUT2D eigenvalue weighted by Crippen LogP contribution is -2.63. The topological polar surface area (TPSA) is 18.5 Å². The van der Waals surface area contributed by atoms with E-state index < -0.39 is 17.4 Å². The molecule has 31 heavy (non-hydrogen) atoms. The number of hydrogen-bond acceptors (Lipinski definition) is 2. The molecule has 2 aliphatic rings. The van der Waals surface area contributed by atoms with Crippen molar-refractivity contribution in [1.82, 2.24) is 0 Å². The maximum absolute atomic E-state index is 7.27. The zero-order valence-electron chi connectivity index (χ0n) is 18.1. The summed E-state index contributed by atoms with van der Waals surface area (Å²) < 4.78 is 13.5. The second-order valence-electron chi connectivity index (χ2n) is 8.78. The Kier molecular flexibility index (Phi) is 6.51. The molecule has 0 bridgehead atoms. The maximum atomic E-state index is 7.27. The van der Waals surface area contributed by atoms with E-state index >= 15 is 0 Å². The van der Waals surface area contributed by atoms with E-state index in [1.807, 2.05) is 0 Å². The van der Waals surface area contributed by atoms with Gasteiger partial charge in [-0.1, -0.05) is 97.8 Å². The van der Waals surface area contributed by atoms with Crippen LogP contribution >= 0.6 is 0 Å². The SMILES string of the molecule is c1ccc(C2CCC[Si](c3ccccc3)(c3ccccc3C[Si]3CCCCO3)O2)cc1. The largest absolute Gasteiger partial charge is 0.416 e. The molecule has 2 heterocycles. The molecule has 1 radical (unpaired) electrons. The van der Waals surface area contributed by atoms with Crippen LogP contribution in [0.1, 0.15) is 42.9 Å². The van der Waals surface area contributed by atoms with E-state index in [9.17, 15) is 0 Å². The summed E-state index contributed by atoms with van der Waals surface area (Å²) in [7, 11) is -3.12. The molecule has 3 aromatic rings. The van der Waals surface area contributed by atoms with Crippen LogP contribution in [0.15, 0.2) is 84.9 Å². The van der Waals surface area contributed by atoms with Gasteiger partial charge in [-0.2, -0.15) is 0 Å². The fourth-order valence-corrected chi connectivity index (χ4v) is 12.1. The van der Waals surface area contributed by atoms with Crippen LogP contribution in [0.25, 0.3) is 0 Å². The van der Waals surface area contributed by atoms with E-state index in [1.54, 1.807) is 0 Å². The third-order valence-electron chi connectivity index (χ3n) is 6.75. The van der Waals surface area contributed by atoms with Gasteiger partial charge < -0.3 is 8.85 Å². The number of hydrogen-bond donors (Lipinski definition) is 0. The van der Waals surface area contributed by atoms with Crippen LogP contribution in [0.2, 0.25) is 12.1 Å². The summed E-state index contributed by atoms with van der Waals surface area (Å²) >= 11 is 0. The molecule has 2 saturated heterocycles. The van der Waals surface area contributed by atoms with Crippen molar-refractivity contribution in [3.05, 3.63) is 96.1 Å². The summed E-state index contributed by atoms with van der Waals surface area (Å²) in [5, 5.41) is 2.89. The molecule has 159 valence electrons. The van der Waals surface area contributed by atoms with Gasteiger partial charge in [-0.3, -0.25) is 0 Å². The second-order valence-corrected chi connectivity index (χ2v) is 14.5. The lowest BCUT2D eigenvalue weighted by molar-refractivity contribution is 0.170. The van der Waals surface area contributed by atoms with E-state index in [4.69, 9.17) is 8.85 Å². The quantitative estimate of drug-likeness (QED) is 0.506. The monoisotopic (exact) mass is 443 g/mol. The molecular weight excluding hydrogens is 412 g/mol. The van der Waals surface area contributed by atoms with E-state index in [0.717, 1.165) is 25.1 Å². The Morgan fingerprint density at radius 3 is 2.32 bits per heavy atom. The molecule has 2 unspecified atom stereocenters. The first-order chi connectivity index (χ1) is 15.4. The minimum Gasteiger partial charge on any atom is -0.416 e. The average molecular weight is 444 g/mol. The highest BCUT2D eigenvalue weighted by Gasteiger charge is 2.45. The highest BCUT2D eigenvalue weighted by molar-refractivity contribution is 6.98. The molecule has 0 aromatic heterocycles. The predicted octanol–water partition coefficient (Wildman–Crippen LogP) is 5.18. The fourth-order valence-electron chi connectivity index (χ4n) is 5.21. The van der Waals surface area contributed by atoms with E-state index in [-0.39, 0.29) is 6.10 Å². The molecule has 2 fully saturated rings. The van der Waals surface area contributed by atoms with Gasteiger partial charge >= 0.3 is 0 Å². The van der Waals surface area contributed by atoms with Gasteiger partial charge in [0.2, 0.25) is 9.04 Å². The first kappa shape index (κ1) is 20.9. The molecule has 2 atom stereocenters. The van der Waals surface area contributed by atoms with Gasteiger partial charge in [0.05, 0.1) is 6.10 Å². The Labute approximate surface area is 189 Å². The fraction of sp³-hybridized carbons (Fsp3) is 0.333. The summed E-state index contributed by atoms with van der Waals surface area (Å²) in [6, 6.07) is 34.6. The molecule has 2 nitrogen and oxygen atoms in total. The maximum Gasteiger partial charge on any atom is 0.256 e. The first-order valence-electron chi connectivity index (χ1n) is 11.7. The van der Waals surface area contributed by atoms with Crippen LogP contribution in [-0.2, 0) is 14.9 Å². The van der Waals surface area contributed by atoms with E-state index in [1.165, 1.54) is 46.8 Å². The van der Waals surface area contributed by atoms with Crippen molar-refractivity contribution in [3.8, 4) is 0 Å². The summed E-state index contributed by atoms with van der Waals surface area (Å²) in [5.74, 6) is 0. The lowest BCUT2D eigenvalue weighted by Gasteiger charge is -2.41. The van der Waals surface area contributed by atoms with Crippen LogP contribution in [0.3, 0.4) is 0 Å². The average Bonchev–Trinajstić information content (AvgIpc) is 2.86. The number of benzene rings is 3.